The van der Waals surface area contributed by atoms with Gasteiger partial charge >= 0.3 is 5.97 Å². The number of benzene rings is 3. The third kappa shape index (κ3) is 7.46. The summed E-state index contributed by atoms with van der Waals surface area (Å²) in [5.74, 6) is -0.527. The summed E-state index contributed by atoms with van der Waals surface area (Å²) in [6.07, 6.45) is -4.69. The summed E-state index contributed by atoms with van der Waals surface area (Å²) in [4.78, 5) is 11.9. The largest absolute Gasteiger partial charge is 0.457 e. The van der Waals surface area contributed by atoms with E-state index in [9.17, 15) is 9.90 Å². The highest BCUT2D eigenvalue weighted by Crippen LogP contribution is 2.29. The Kier molecular flexibility index (Phi) is 9.61. The molecule has 0 aromatic heterocycles. The maximum absolute atomic E-state index is 11.9. The first-order chi connectivity index (χ1) is 17.6. The molecule has 0 aliphatic carbocycles. The van der Waals surface area contributed by atoms with E-state index in [1.165, 1.54) is 6.92 Å². The first-order valence-electron chi connectivity index (χ1n) is 12.0. The van der Waals surface area contributed by atoms with Crippen molar-refractivity contribution in [1.82, 2.24) is 0 Å². The smallest absolute Gasteiger partial charge is 0.303 e. The summed E-state index contributed by atoms with van der Waals surface area (Å²) in [6.45, 7) is 2.25. The summed E-state index contributed by atoms with van der Waals surface area (Å²) in [5, 5.41) is 11.3. The van der Waals surface area contributed by atoms with Crippen molar-refractivity contribution in [3.63, 3.8) is 0 Å². The molecular formula is C29H32O7. The van der Waals surface area contributed by atoms with Crippen LogP contribution in [0.4, 0.5) is 0 Å². The first-order valence-corrected chi connectivity index (χ1v) is 12.0. The van der Waals surface area contributed by atoms with Crippen LogP contribution in [0.25, 0.3) is 0 Å². The molecule has 0 bridgehead atoms. The molecule has 36 heavy (non-hydrogen) atoms. The molecule has 0 amide bonds. The summed E-state index contributed by atoms with van der Waals surface area (Å²) >= 11 is 0. The molecule has 1 heterocycles. The zero-order valence-electron chi connectivity index (χ0n) is 20.3. The van der Waals surface area contributed by atoms with Crippen molar-refractivity contribution in [3.05, 3.63) is 108 Å². The maximum atomic E-state index is 11.9. The number of hydrogen-bond donors (Lipinski definition) is 1. The van der Waals surface area contributed by atoms with Crippen LogP contribution >= 0.6 is 0 Å². The van der Waals surface area contributed by atoms with Gasteiger partial charge in [0.05, 0.1) is 26.4 Å². The van der Waals surface area contributed by atoms with Crippen molar-refractivity contribution in [2.24, 2.45) is 0 Å². The van der Waals surface area contributed by atoms with Crippen LogP contribution in [-0.2, 0) is 48.3 Å². The molecule has 0 saturated carbocycles. The maximum Gasteiger partial charge on any atom is 0.303 e. The van der Waals surface area contributed by atoms with E-state index in [0.29, 0.717) is 6.61 Å². The molecule has 0 spiro atoms. The third-order valence-electron chi connectivity index (χ3n) is 5.85. The highest BCUT2D eigenvalue weighted by Gasteiger charge is 2.48. The fraction of sp³-hybridized carbons (Fsp3) is 0.345. The predicted octanol–water partition coefficient (Wildman–Crippen LogP) is 4.02. The van der Waals surface area contributed by atoms with E-state index in [1.807, 2.05) is 91.0 Å². The second-order valence-corrected chi connectivity index (χ2v) is 8.67. The number of rotatable bonds is 11. The van der Waals surface area contributed by atoms with Crippen molar-refractivity contribution >= 4 is 5.97 Å². The second-order valence-electron chi connectivity index (χ2n) is 8.67. The average molecular weight is 493 g/mol. The number of carbonyl (C=O) groups excluding carboxylic acids is 1. The van der Waals surface area contributed by atoms with Crippen molar-refractivity contribution in [3.8, 4) is 0 Å². The van der Waals surface area contributed by atoms with Crippen LogP contribution < -0.4 is 0 Å². The lowest BCUT2D eigenvalue weighted by molar-refractivity contribution is -0.318. The Morgan fingerprint density at radius 2 is 1.25 bits per heavy atom. The lowest BCUT2D eigenvalue weighted by Gasteiger charge is -2.43. The Morgan fingerprint density at radius 3 is 1.78 bits per heavy atom. The van der Waals surface area contributed by atoms with Gasteiger partial charge in [-0.2, -0.15) is 0 Å². The summed E-state index contributed by atoms with van der Waals surface area (Å²) in [6, 6.07) is 29.0. The minimum atomic E-state index is -1.18. The van der Waals surface area contributed by atoms with Gasteiger partial charge < -0.3 is 28.8 Å². The number of esters is 1. The normalized spacial score (nSPS) is 23.8. The van der Waals surface area contributed by atoms with Crippen molar-refractivity contribution in [2.75, 3.05) is 6.61 Å². The number of carbonyl (C=O) groups is 1. The Labute approximate surface area is 211 Å². The lowest BCUT2D eigenvalue weighted by Crippen LogP contribution is -2.61. The molecule has 3 aromatic rings. The van der Waals surface area contributed by atoms with Gasteiger partial charge in [0.25, 0.3) is 0 Å². The number of hydrogen-bond acceptors (Lipinski definition) is 7. The van der Waals surface area contributed by atoms with E-state index in [4.69, 9.17) is 23.7 Å². The van der Waals surface area contributed by atoms with Gasteiger partial charge in [0, 0.05) is 6.92 Å². The van der Waals surface area contributed by atoms with E-state index in [2.05, 4.69) is 0 Å². The Hall–Kier alpha value is -3.07. The Morgan fingerprint density at radius 1 is 0.750 bits per heavy atom. The minimum absolute atomic E-state index is 0.0977. The van der Waals surface area contributed by atoms with Gasteiger partial charge in [0.2, 0.25) is 0 Å². The molecule has 0 unspecified atom stereocenters. The fourth-order valence-electron chi connectivity index (χ4n) is 4.06. The minimum Gasteiger partial charge on any atom is -0.457 e. The van der Waals surface area contributed by atoms with Crippen LogP contribution in [0.5, 0.6) is 0 Å². The van der Waals surface area contributed by atoms with Crippen molar-refractivity contribution in [1.29, 1.82) is 0 Å². The van der Waals surface area contributed by atoms with Crippen LogP contribution in [0.3, 0.4) is 0 Å². The molecule has 1 aliphatic rings. The molecular weight excluding hydrogens is 460 g/mol. The van der Waals surface area contributed by atoms with Crippen LogP contribution in [0.1, 0.15) is 23.6 Å². The van der Waals surface area contributed by atoms with Crippen molar-refractivity contribution < 1.29 is 33.6 Å². The predicted molar refractivity (Wildman–Crippen MR) is 133 cm³/mol. The second kappa shape index (κ2) is 13.3. The van der Waals surface area contributed by atoms with Gasteiger partial charge in [0.15, 0.2) is 12.4 Å². The van der Waals surface area contributed by atoms with E-state index in [1.54, 1.807) is 0 Å². The first kappa shape index (κ1) is 26.0. The van der Waals surface area contributed by atoms with Crippen LogP contribution in [0, 0.1) is 0 Å². The van der Waals surface area contributed by atoms with Gasteiger partial charge in [-0.3, -0.25) is 4.79 Å². The highest BCUT2D eigenvalue weighted by molar-refractivity contribution is 5.66. The molecule has 1 aliphatic heterocycles. The SMILES string of the molecule is CC(=O)O[C@@H]1[C@H](O)[C@@H](OCc2ccccc2)[C@H](OCc2ccccc2)O[C@@H]1COCc1ccccc1. The Bertz CT molecular complexity index is 1040. The van der Waals surface area contributed by atoms with E-state index >= 15 is 0 Å². The average Bonchev–Trinajstić information content (AvgIpc) is 2.90. The zero-order chi connectivity index (χ0) is 25.2. The molecule has 0 radical (unpaired) electrons. The molecule has 7 heteroatoms. The fourth-order valence-corrected chi connectivity index (χ4v) is 4.06. The van der Waals surface area contributed by atoms with Gasteiger partial charge in [-0.05, 0) is 16.7 Å². The van der Waals surface area contributed by atoms with E-state index < -0.39 is 36.7 Å². The van der Waals surface area contributed by atoms with Gasteiger partial charge in [-0.15, -0.1) is 0 Å². The summed E-state index contributed by atoms with van der Waals surface area (Å²) in [7, 11) is 0. The molecule has 190 valence electrons. The van der Waals surface area contributed by atoms with E-state index in [-0.39, 0.29) is 19.8 Å². The summed E-state index contributed by atoms with van der Waals surface area (Å²) in [5.41, 5.74) is 2.89. The van der Waals surface area contributed by atoms with Gasteiger partial charge in [0.1, 0.15) is 18.3 Å². The van der Waals surface area contributed by atoms with Crippen LogP contribution in [-0.4, -0.2) is 48.4 Å². The molecule has 1 N–H and O–H groups in total. The van der Waals surface area contributed by atoms with Crippen molar-refractivity contribution in [2.45, 2.75) is 57.5 Å². The molecule has 7 nitrogen and oxygen atoms in total. The van der Waals surface area contributed by atoms with E-state index in [0.717, 1.165) is 16.7 Å². The number of aliphatic hydroxyl groups is 1. The molecule has 5 atom stereocenters. The molecule has 1 saturated heterocycles. The quantitative estimate of drug-likeness (QED) is 0.405. The third-order valence-corrected chi connectivity index (χ3v) is 5.85. The standard InChI is InChI=1S/C29H32O7/c1-21(30)35-27-25(20-32-17-22-11-5-2-6-12-22)36-29(34-19-24-15-9-4-10-16-24)28(26(27)31)33-18-23-13-7-3-8-14-23/h2-16,25-29,31H,17-20H2,1H3/t25-,26+,27+,28-,29-/m1/s1. The van der Waals surface area contributed by atoms with Crippen LogP contribution in [0.15, 0.2) is 91.0 Å². The van der Waals surface area contributed by atoms with Crippen LogP contribution in [0.2, 0.25) is 0 Å². The number of aliphatic hydroxyl groups excluding tert-OH is 1. The topological polar surface area (TPSA) is 83.5 Å². The lowest BCUT2D eigenvalue weighted by atomic mass is 9.98. The zero-order valence-corrected chi connectivity index (χ0v) is 20.3. The van der Waals surface area contributed by atoms with Gasteiger partial charge in [-0.25, -0.2) is 0 Å². The monoisotopic (exact) mass is 492 g/mol. The number of ether oxygens (including phenoxy) is 5. The molecule has 1 fully saturated rings. The highest BCUT2D eigenvalue weighted by atomic mass is 16.7. The molecule has 3 aromatic carbocycles. The Balaban J connectivity index is 1.48. The molecule has 4 rings (SSSR count). The van der Waals surface area contributed by atoms with Gasteiger partial charge in [-0.1, -0.05) is 91.0 Å². The summed E-state index contributed by atoms with van der Waals surface area (Å²) < 4.78 is 29.7.